The van der Waals surface area contributed by atoms with Crippen molar-refractivity contribution in [3.63, 3.8) is 0 Å². The average Bonchev–Trinajstić information content (AvgIpc) is 2.87. The quantitative estimate of drug-likeness (QED) is 0.758. The fourth-order valence-electron chi connectivity index (χ4n) is 2.86. The van der Waals surface area contributed by atoms with Gasteiger partial charge >= 0.3 is 5.97 Å². The summed E-state index contributed by atoms with van der Waals surface area (Å²) in [5.74, 6) is -1.21. The topological polar surface area (TPSA) is 77.8 Å². The van der Waals surface area contributed by atoms with Crippen molar-refractivity contribution in [2.75, 3.05) is 13.1 Å². The predicted molar refractivity (Wildman–Crippen MR) is 86.3 cm³/mol. The van der Waals surface area contributed by atoms with Crippen molar-refractivity contribution in [3.05, 3.63) is 27.3 Å². The van der Waals surface area contributed by atoms with Crippen molar-refractivity contribution < 1.29 is 19.8 Å². The van der Waals surface area contributed by atoms with Gasteiger partial charge in [-0.3, -0.25) is 9.59 Å². The van der Waals surface area contributed by atoms with Crippen LogP contribution in [0.1, 0.15) is 36.5 Å². The Morgan fingerprint density at radius 3 is 2.76 bits per heavy atom. The molecule has 1 saturated heterocycles. The molecule has 0 aromatic heterocycles. The SMILES string of the molecule is CCCC1(C(=O)O)CCN(C(=O)c2cc(I)ccc2O)C1. The van der Waals surface area contributed by atoms with E-state index < -0.39 is 11.4 Å². The maximum absolute atomic E-state index is 12.5. The summed E-state index contributed by atoms with van der Waals surface area (Å²) in [6.07, 6.45) is 1.79. The monoisotopic (exact) mass is 403 g/mol. The van der Waals surface area contributed by atoms with Crippen LogP contribution >= 0.6 is 22.6 Å². The number of halogens is 1. The number of carboxylic acids is 1. The molecule has 21 heavy (non-hydrogen) atoms. The first-order valence-electron chi connectivity index (χ1n) is 6.91. The molecule has 1 aromatic rings. The summed E-state index contributed by atoms with van der Waals surface area (Å²) >= 11 is 2.07. The molecule has 1 atom stereocenters. The molecule has 114 valence electrons. The molecule has 1 heterocycles. The van der Waals surface area contributed by atoms with E-state index in [9.17, 15) is 19.8 Å². The number of benzene rings is 1. The third-order valence-electron chi connectivity index (χ3n) is 4.01. The van der Waals surface area contributed by atoms with Crippen molar-refractivity contribution in [2.24, 2.45) is 5.41 Å². The number of rotatable bonds is 4. The third-order valence-corrected chi connectivity index (χ3v) is 4.68. The van der Waals surface area contributed by atoms with Crippen LogP contribution in [0.3, 0.4) is 0 Å². The number of likely N-dealkylation sites (tertiary alicyclic amines) is 1. The van der Waals surface area contributed by atoms with Gasteiger partial charge in [0.2, 0.25) is 0 Å². The van der Waals surface area contributed by atoms with Crippen LogP contribution in [-0.2, 0) is 4.79 Å². The van der Waals surface area contributed by atoms with Gasteiger partial charge in [0.25, 0.3) is 5.91 Å². The molecular weight excluding hydrogens is 385 g/mol. The van der Waals surface area contributed by atoms with Crippen LogP contribution in [0.15, 0.2) is 18.2 Å². The molecule has 1 fully saturated rings. The number of carbonyl (C=O) groups excluding carboxylic acids is 1. The highest BCUT2D eigenvalue weighted by atomic mass is 127. The molecule has 0 bridgehead atoms. The number of amides is 1. The van der Waals surface area contributed by atoms with E-state index in [1.165, 1.54) is 11.0 Å². The largest absolute Gasteiger partial charge is 0.507 e. The number of aliphatic carboxylic acids is 1. The van der Waals surface area contributed by atoms with Gasteiger partial charge in [0, 0.05) is 16.7 Å². The van der Waals surface area contributed by atoms with Crippen LogP contribution in [0.2, 0.25) is 0 Å². The third kappa shape index (κ3) is 3.14. The predicted octanol–water partition coefficient (Wildman–Crippen LogP) is 2.71. The first-order valence-corrected chi connectivity index (χ1v) is 7.99. The summed E-state index contributed by atoms with van der Waals surface area (Å²) < 4.78 is 0.853. The summed E-state index contributed by atoms with van der Waals surface area (Å²) in [6.45, 7) is 2.57. The van der Waals surface area contributed by atoms with Gasteiger partial charge in [-0.25, -0.2) is 0 Å². The Morgan fingerprint density at radius 1 is 1.43 bits per heavy atom. The number of hydrogen-bond acceptors (Lipinski definition) is 3. The normalized spacial score (nSPS) is 21.5. The van der Waals surface area contributed by atoms with Crippen molar-refractivity contribution in [3.8, 4) is 5.75 Å². The van der Waals surface area contributed by atoms with Crippen LogP contribution in [0.25, 0.3) is 0 Å². The minimum Gasteiger partial charge on any atom is -0.507 e. The van der Waals surface area contributed by atoms with E-state index in [0.717, 1.165) is 9.99 Å². The van der Waals surface area contributed by atoms with Crippen LogP contribution < -0.4 is 0 Å². The molecule has 6 heteroatoms. The zero-order valence-corrected chi connectivity index (χ0v) is 14.0. The van der Waals surface area contributed by atoms with Gasteiger partial charge in [-0.2, -0.15) is 0 Å². The zero-order valence-electron chi connectivity index (χ0n) is 11.8. The van der Waals surface area contributed by atoms with Crippen LogP contribution in [-0.4, -0.2) is 40.1 Å². The molecule has 2 N–H and O–H groups in total. The molecule has 1 aliphatic rings. The second-order valence-corrected chi connectivity index (χ2v) is 6.72. The summed E-state index contributed by atoms with van der Waals surface area (Å²) in [5, 5.41) is 19.3. The van der Waals surface area contributed by atoms with E-state index in [4.69, 9.17) is 0 Å². The molecular formula is C15H18INO4. The highest BCUT2D eigenvalue weighted by Gasteiger charge is 2.45. The summed E-state index contributed by atoms with van der Waals surface area (Å²) in [4.78, 5) is 25.6. The first-order chi connectivity index (χ1) is 9.89. The van der Waals surface area contributed by atoms with E-state index >= 15 is 0 Å². The van der Waals surface area contributed by atoms with Crippen molar-refractivity contribution in [1.29, 1.82) is 0 Å². The van der Waals surface area contributed by atoms with Crippen molar-refractivity contribution >= 4 is 34.5 Å². The number of nitrogens with zero attached hydrogens (tertiary/aromatic N) is 1. The van der Waals surface area contributed by atoms with Gasteiger partial charge in [-0.1, -0.05) is 13.3 Å². The minimum atomic E-state index is -0.845. The highest BCUT2D eigenvalue weighted by Crippen LogP contribution is 2.36. The van der Waals surface area contributed by atoms with Gasteiger partial charge in [-0.05, 0) is 53.6 Å². The molecule has 2 rings (SSSR count). The summed E-state index contributed by atoms with van der Waals surface area (Å²) in [7, 11) is 0. The number of hydrogen-bond donors (Lipinski definition) is 2. The van der Waals surface area contributed by atoms with Gasteiger partial charge in [0.05, 0.1) is 11.0 Å². The van der Waals surface area contributed by atoms with Gasteiger partial charge < -0.3 is 15.1 Å². The average molecular weight is 403 g/mol. The maximum atomic E-state index is 12.5. The van der Waals surface area contributed by atoms with Crippen LogP contribution in [0, 0.1) is 8.99 Å². The number of phenols is 1. The fourth-order valence-corrected chi connectivity index (χ4v) is 3.35. The van der Waals surface area contributed by atoms with Crippen molar-refractivity contribution in [1.82, 2.24) is 4.90 Å². The Labute approximate surface area is 137 Å². The Hall–Kier alpha value is -1.31. The summed E-state index contributed by atoms with van der Waals surface area (Å²) in [5.41, 5.74) is -0.610. The smallest absolute Gasteiger partial charge is 0.311 e. The number of carboxylic acid groups (broad SMARTS) is 1. The number of phenolic OH excluding ortho intramolecular Hbond substituents is 1. The maximum Gasteiger partial charge on any atom is 0.311 e. The molecule has 0 spiro atoms. The second-order valence-electron chi connectivity index (χ2n) is 5.47. The standard InChI is InChI=1S/C15H18INO4/c1-2-5-15(14(20)21)6-7-17(9-15)13(19)11-8-10(16)3-4-12(11)18/h3-4,8,18H,2,5-7,9H2,1H3,(H,20,21). The molecule has 1 unspecified atom stereocenters. The Kier molecular flexibility index (Phi) is 4.75. The molecule has 1 aromatic carbocycles. The second kappa shape index (κ2) is 6.21. The van der Waals surface area contributed by atoms with Crippen molar-refractivity contribution in [2.45, 2.75) is 26.2 Å². The molecule has 0 aliphatic carbocycles. The molecule has 1 aliphatic heterocycles. The van der Waals surface area contributed by atoms with Gasteiger partial charge in [-0.15, -0.1) is 0 Å². The Morgan fingerprint density at radius 2 is 2.14 bits per heavy atom. The lowest BCUT2D eigenvalue weighted by atomic mass is 9.83. The lowest BCUT2D eigenvalue weighted by Gasteiger charge is -2.24. The summed E-state index contributed by atoms with van der Waals surface area (Å²) in [6, 6.07) is 4.83. The number of carbonyl (C=O) groups is 2. The molecule has 5 nitrogen and oxygen atoms in total. The highest BCUT2D eigenvalue weighted by molar-refractivity contribution is 14.1. The fraction of sp³-hybridized carbons (Fsp3) is 0.467. The Balaban J connectivity index is 2.22. The number of aromatic hydroxyl groups is 1. The van der Waals surface area contributed by atoms with E-state index in [2.05, 4.69) is 22.6 Å². The molecule has 0 radical (unpaired) electrons. The van der Waals surface area contributed by atoms with E-state index in [-0.39, 0.29) is 23.8 Å². The van der Waals surface area contributed by atoms with E-state index in [1.807, 2.05) is 6.92 Å². The van der Waals surface area contributed by atoms with Crippen LogP contribution in [0.4, 0.5) is 0 Å². The molecule has 0 saturated carbocycles. The van der Waals surface area contributed by atoms with Gasteiger partial charge in [0.1, 0.15) is 5.75 Å². The lowest BCUT2D eigenvalue weighted by molar-refractivity contribution is -0.148. The van der Waals surface area contributed by atoms with E-state index in [0.29, 0.717) is 19.4 Å². The van der Waals surface area contributed by atoms with E-state index in [1.54, 1.807) is 12.1 Å². The first kappa shape index (κ1) is 16.1. The lowest BCUT2D eigenvalue weighted by Crippen LogP contribution is -2.37. The van der Waals surface area contributed by atoms with Gasteiger partial charge in [0.15, 0.2) is 0 Å². The Bertz CT molecular complexity index is 575. The zero-order chi connectivity index (χ0) is 15.6. The minimum absolute atomic E-state index is 0.0660. The van der Waals surface area contributed by atoms with Crippen LogP contribution in [0.5, 0.6) is 5.75 Å². The molecule has 1 amide bonds.